The smallest absolute Gasteiger partial charge is 0.255 e. The van der Waals surface area contributed by atoms with Crippen molar-refractivity contribution in [2.75, 3.05) is 22.5 Å². The molecule has 1 aliphatic rings. The van der Waals surface area contributed by atoms with E-state index in [0.29, 0.717) is 23.1 Å². The number of carbonyl (C=O) groups excluding carboxylic acids is 1. The third kappa shape index (κ3) is 7.08. The van der Waals surface area contributed by atoms with Gasteiger partial charge in [0.05, 0.1) is 29.1 Å². The van der Waals surface area contributed by atoms with Crippen LogP contribution in [-0.4, -0.2) is 40.4 Å². The maximum atomic E-state index is 14.0. The highest BCUT2D eigenvalue weighted by Crippen LogP contribution is 2.36. The highest BCUT2D eigenvalue weighted by Gasteiger charge is 2.27. The highest BCUT2D eigenvalue weighted by atomic mass is 19.1. The fraction of sp³-hybridized carbons (Fsp3) is 0.417. The molecule has 1 aliphatic heterocycles. The van der Waals surface area contributed by atoms with Gasteiger partial charge >= 0.3 is 0 Å². The summed E-state index contributed by atoms with van der Waals surface area (Å²) in [5.41, 5.74) is 0.867. The van der Waals surface area contributed by atoms with Crippen molar-refractivity contribution in [3.05, 3.63) is 48.5 Å². The molecule has 9 heteroatoms. The predicted octanol–water partition coefficient (Wildman–Crippen LogP) is 4.79. The number of alkyl halides is 1. The van der Waals surface area contributed by atoms with Crippen LogP contribution in [0.25, 0.3) is 0 Å². The van der Waals surface area contributed by atoms with Crippen LogP contribution in [0.4, 0.5) is 27.3 Å². The van der Waals surface area contributed by atoms with Gasteiger partial charge in [0, 0.05) is 30.1 Å². The van der Waals surface area contributed by atoms with E-state index in [-0.39, 0.29) is 18.2 Å². The number of aliphatic hydroxyl groups is 1. The lowest BCUT2D eigenvalue weighted by molar-refractivity contribution is -0.00177. The standard InChI is InChI=1S/C22H28FN5O3.C2H6/c1-12(2)26-17-9-20(28-14-6-7-16-18(8-14)31-13(3)27-16)24-10-15(17)21(29)25-11-19(23)22(4,5)30;1-2/h6-10,12,19,27,30H,3,11H2,1-2,4-5H3,(H,25,29)(H2,24,26,28);1-2H3. The molecule has 0 spiro atoms. The maximum Gasteiger partial charge on any atom is 0.255 e. The molecule has 1 atom stereocenters. The summed E-state index contributed by atoms with van der Waals surface area (Å²) < 4.78 is 19.5. The van der Waals surface area contributed by atoms with Gasteiger partial charge in [-0.15, -0.1) is 0 Å². The topological polar surface area (TPSA) is 108 Å². The molecule has 2 heterocycles. The Hall–Kier alpha value is -3.33. The number of ether oxygens (including phenoxy) is 1. The van der Waals surface area contributed by atoms with E-state index in [1.807, 2.05) is 45.9 Å². The molecular formula is C24H34FN5O3. The van der Waals surface area contributed by atoms with Crippen LogP contribution in [0, 0.1) is 0 Å². The van der Waals surface area contributed by atoms with E-state index in [4.69, 9.17) is 4.74 Å². The summed E-state index contributed by atoms with van der Waals surface area (Å²) in [5.74, 6) is 1.15. The first-order valence-electron chi connectivity index (χ1n) is 11.0. The monoisotopic (exact) mass is 459 g/mol. The molecule has 3 rings (SSSR count). The Labute approximate surface area is 194 Å². The molecule has 0 radical (unpaired) electrons. The van der Waals surface area contributed by atoms with Gasteiger partial charge in [0.2, 0.25) is 0 Å². The molecule has 33 heavy (non-hydrogen) atoms. The van der Waals surface area contributed by atoms with Crippen LogP contribution in [0.3, 0.4) is 0 Å². The average Bonchev–Trinajstić information content (AvgIpc) is 3.11. The van der Waals surface area contributed by atoms with Gasteiger partial charge in [0.25, 0.3) is 5.91 Å². The quantitative estimate of drug-likeness (QED) is 0.386. The Kier molecular flexibility index (Phi) is 8.64. The molecule has 0 fully saturated rings. The lowest BCUT2D eigenvalue weighted by Crippen LogP contribution is -2.42. The van der Waals surface area contributed by atoms with Crippen molar-refractivity contribution in [1.29, 1.82) is 0 Å². The van der Waals surface area contributed by atoms with Crippen LogP contribution in [0.5, 0.6) is 5.75 Å². The normalized spacial score (nSPS) is 13.2. The van der Waals surface area contributed by atoms with E-state index in [0.717, 1.165) is 11.4 Å². The fourth-order valence-electron chi connectivity index (χ4n) is 2.91. The number of benzene rings is 1. The third-order valence-electron chi connectivity index (χ3n) is 4.56. The molecule has 0 aliphatic carbocycles. The van der Waals surface area contributed by atoms with Gasteiger partial charge in [-0.1, -0.05) is 13.8 Å². The SMILES string of the molecule is C=C1Nc2ccc(Nc3cc(NC(C)C)c(C(=O)NCC(F)C(C)(C)O)cn3)cc2O1.CC. The van der Waals surface area contributed by atoms with E-state index >= 15 is 0 Å². The summed E-state index contributed by atoms with van der Waals surface area (Å²) in [6, 6.07) is 7.31. The number of aromatic nitrogens is 1. The minimum atomic E-state index is -1.60. The van der Waals surface area contributed by atoms with E-state index in [1.54, 1.807) is 6.07 Å². The minimum Gasteiger partial charge on any atom is -0.439 e. The number of nitrogens with one attached hydrogen (secondary N) is 4. The van der Waals surface area contributed by atoms with E-state index in [9.17, 15) is 14.3 Å². The van der Waals surface area contributed by atoms with Gasteiger partial charge in [-0.25, -0.2) is 9.37 Å². The summed E-state index contributed by atoms with van der Waals surface area (Å²) in [4.78, 5) is 16.9. The van der Waals surface area contributed by atoms with Gasteiger partial charge in [-0.05, 0) is 46.4 Å². The summed E-state index contributed by atoms with van der Waals surface area (Å²) in [6.45, 7) is 14.0. The average molecular weight is 460 g/mol. The molecule has 1 amide bonds. The van der Waals surface area contributed by atoms with Crippen LogP contribution in [0.1, 0.15) is 51.9 Å². The van der Waals surface area contributed by atoms with Gasteiger partial charge in [-0.2, -0.15) is 0 Å². The van der Waals surface area contributed by atoms with Crippen molar-refractivity contribution in [2.24, 2.45) is 0 Å². The van der Waals surface area contributed by atoms with Crippen LogP contribution in [0.15, 0.2) is 42.9 Å². The second-order valence-corrected chi connectivity index (χ2v) is 8.23. The highest BCUT2D eigenvalue weighted by molar-refractivity contribution is 6.00. The van der Waals surface area contributed by atoms with Gasteiger partial charge in [-0.3, -0.25) is 4.79 Å². The second kappa shape index (κ2) is 11.0. The van der Waals surface area contributed by atoms with Gasteiger partial charge in [0.15, 0.2) is 11.6 Å². The zero-order chi connectivity index (χ0) is 24.8. The van der Waals surface area contributed by atoms with Gasteiger partial charge < -0.3 is 31.1 Å². The van der Waals surface area contributed by atoms with E-state index in [1.165, 1.54) is 20.0 Å². The van der Waals surface area contributed by atoms with Crippen LogP contribution in [-0.2, 0) is 0 Å². The number of nitrogens with zero attached hydrogens (tertiary/aromatic N) is 1. The minimum absolute atomic E-state index is 0.0533. The molecule has 180 valence electrons. The molecule has 0 saturated heterocycles. The Balaban J connectivity index is 0.00000187. The van der Waals surface area contributed by atoms with Crippen LogP contribution in [0.2, 0.25) is 0 Å². The lowest BCUT2D eigenvalue weighted by Gasteiger charge is -2.23. The van der Waals surface area contributed by atoms with Gasteiger partial charge in [0.1, 0.15) is 12.0 Å². The first kappa shape index (κ1) is 25.9. The molecular weight excluding hydrogens is 425 g/mol. The third-order valence-corrected chi connectivity index (χ3v) is 4.56. The van der Waals surface area contributed by atoms with Crippen LogP contribution >= 0.6 is 0 Å². The molecule has 5 N–H and O–H groups in total. The number of halogens is 1. The zero-order valence-corrected chi connectivity index (χ0v) is 20.0. The summed E-state index contributed by atoms with van der Waals surface area (Å²) in [6.07, 6.45) is -0.174. The van der Waals surface area contributed by atoms with Crippen molar-refractivity contribution >= 4 is 28.8 Å². The molecule has 1 aromatic carbocycles. The number of pyridine rings is 1. The Morgan fingerprint density at radius 3 is 2.64 bits per heavy atom. The summed E-state index contributed by atoms with van der Waals surface area (Å²) >= 11 is 0. The molecule has 2 aromatic rings. The molecule has 0 saturated carbocycles. The van der Waals surface area contributed by atoms with Crippen LogP contribution < -0.4 is 26.0 Å². The maximum absolute atomic E-state index is 14.0. The first-order chi connectivity index (χ1) is 15.5. The molecule has 1 unspecified atom stereocenters. The van der Waals surface area contributed by atoms with E-state index < -0.39 is 17.7 Å². The van der Waals surface area contributed by atoms with Crippen molar-refractivity contribution in [1.82, 2.24) is 10.3 Å². The number of rotatable bonds is 8. The molecule has 8 nitrogen and oxygen atoms in total. The number of hydrogen-bond donors (Lipinski definition) is 5. The van der Waals surface area contributed by atoms with Crippen molar-refractivity contribution in [3.63, 3.8) is 0 Å². The van der Waals surface area contributed by atoms with Crippen molar-refractivity contribution in [2.45, 2.75) is 59.4 Å². The Bertz CT molecular complexity index is 989. The summed E-state index contributed by atoms with van der Waals surface area (Å²) in [5, 5.41) is 21.6. The summed E-state index contributed by atoms with van der Waals surface area (Å²) in [7, 11) is 0. The second-order valence-electron chi connectivity index (χ2n) is 8.23. The van der Waals surface area contributed by atoms with E-state index in [2.05, 4.69) is 32.8 Å². The fourth-order valence-corrected chi connectivity index (χ4v) is 2.91. The largest absolute Gasteiger partial charge is 0.439 e. The number of anilines is 4. The first-order valence-corrected chi connectivity index (χ1v) is 11.0. The molecule has 0 bridgehead atoms. The van der Waals surface area contributed by atoms with Crippen molar-refractivity contribution < 1.29 is 19.0 Å². The number of amides is 1. The van der Waals surface area contributed by atoms with Crippen molar-refractivity contribution in [3.8, 4) is 5.75 Å². The predicted molar refractivity (Wildman–Crippen MR) is 131 cm³/mol. The number of carbonyl (C=O) groups is 1. The molecule has 1 aromatic heterocycles. The Morgan fingerprint density at radius 2 is 2.00 bits per heavy atom. The zero-order valence-electron chi connectivity index (χ0n) is 20.0. The Morgan fingerprint density at radius 1 is 1.30 bits per heavy atom. The lowest BCUT2D eigenvalue weighted by atomic mass is 10.0. The number of hydrogen-bond acceptors (Lipinski definition) is 7. The number of fused-ring (bicyclic) bond motifs is 1.